The number of benzene rings is 2. The number of aliphatic carboxylic acids is 1. The number of carboxylic acid groups (broad SMARTS) is 1. The Hall–Kier alpha value is -2.66. The lowest BCUT2D eigenvalue weighted by atomic mass is 9.99. The first-order valence-electron chi connectivity index (χ1n) is 7.27. The van der Waals surface area contributed by atoms with Crippen molar-refractivity contribution in [1.82, 2.24) is 0 Å². The molecule has 0 radical (unpaired) electrons. The van der Waals surface area contributed by atoms with E-state index in [2.05, 4.69) is 0 Å². The maximum Gasteiger partial charge on any atom is 0.320 e. The Morgan fingerprint density at radius 3 is 1.91 bits per heavy atom. The molecule has 23 heavy (non-hydrogen) atoms. The van der Waals surface area contributed by atoms with Gasteiger partial charge in [-0.25, -0.2) is 0 Å². The molecule has 0 aliphatic rings. The average Bonchev–Trinajstić information content (AvgIpc) is 2.55. The number of hydrogen-bond donors (Lipinski definition) is 3. The van der Waals surface area contributed by atoms with Gasteiger partial charge in [0, 0.05) is 5.56 Å². The van der Waals surface area contributed by atoms with Crippen LogP contribution in [0.4, 0.5) is 0 Å². The third-order valence-electron chi connectivity index (χ3n) is 3.28. The van der Waals surface area contributed by atoms with Crippen LogP contribution in [0.25, 0.3) is 11.1 Å². The molecule has 122 valence electrons. The predicted molar refractivity (Wildman–Crippen MR) is 90.8 cm³/mol. The minimum absolute atomic E-state index is 0.0208. The van der Waals surface area contributed by atoms with E-state index in [1.165, 1.54) is 0 Å². The summed E-state index contributed by atoms with van der Waals surface area (Å²) in [6.07, 6.45) is 0. The lowest BCUT2D eigenvalue weighted by molar-refractivity contribution is -0.139. The molecule has 5 N–H and O–H groups in total. The molecule has 1 amide bonds. The molecular formula is C18H22N2O3. The van der Waals surface area contributed by atoms with E-state index in [0.717, 1.165) is 11.1 Å². The van der Waals surface area contributed by atoms with Crippen molar-refractivity contribution < 1.29 is 14.7 Å². The molecule has 2 rings (SSSR count). The van der Waals surface area contributed by atoms with Gasteiger partial charge >= 0.3 is 5.97 Å². The van der Waals surface area contributed by atoms with Gasteiger partial charge in [-0.3, -0.25) is 9.59 Å². The van der Waals surface area contributed by atoms with Gasteiger partial charge < -0.3 is 16.6 Å². The number of rotatable bonds is 4. The Kier molecular flexibility index (Phi) is 6.96. The van der Waals surface area contributed by atoms with Gasteiger partial charge in [0.05, 0.1) is 0 Å². The van der Waals surface area contributed by atoms with Crippen molar-refractivity contribution in [2.45, 2.75) is 19.9 Å². The fourth-order valence-electron chi connectivity index (χ4n) is 1.85. The lowest BCUT2D eigenvalue weighted by Crippen LogP contribution is -2.34. The van der Waals surface area contributed by atoms with Gasteiger partial charge in [-0.1, -0.05) is 62.4 Å². The van der Waals surface area contributed by atoms with Gasteiger partial charge in [0.25, 0.3) is 0 Å². The Bertz CT molecular complexity index is 654. The Balaban J connectivity index is 0.000000284. The maximum atomic E-state index is 11.2. The van der Waals surface area contributed by atoms with Crippen LogP contribution in [0.2, 0.25) is 0 Å². The molecule has 0 saturated heterocycles. The number of carbonyl (C=O) groups excluding carboxylic acids is 1. The first-order valence-corrected chi connectivity index (χ1v) is 7.27. The molecule has 5 heteroatoms. The summed E-state index contributed by atoms with van der Waals surface area (Å²) in [6.45, 7) is 3.55. The fourth-order valence-corrected chi connectivity index (χ4v) is 1.85. The van der Waals surface area contributed by atoms with E-state index in [9.17, 15) is 9.59 Å². The van der Waals surface area contributed by atoms with Crippen LogP contribution in [0.15, 0.2) is 54.6 Å². The standard InChI is InChI=1S/C13H11NO.C5H11NO2/c14-13(15)12-9-5-4-8-11(12)10-6-2-1-3-7-10;1-3(2)4(6)5(7)8/h1-9H,(H2,14,15);3-4H,6H2,1-2H3,(H,7,8)/t;4-/m.0/s1. The molecule has 0 aliphatic carbocycles. The van der Waals surface area contributed by atoms with Crippen molar-refractivity contribution in [3.8, 4) is 11.1 Å². The van der Waals surface area contributed by atoms with Crippen LogP contribution < -0.4 is 11.5 Å². The number of amides is 1. The monoisotopic (exact) mass is 314 g/mol. The summed E-state index contributed by atoms with van der Waals surface area (Å²) in [5.74, 6) is -1.30. The van der Waals surface area contributed by atoms with Crippen LogP contribution in [0.3, 0.4) is 0 Å². The zero-order chi connectivity index (χ0) is 17.4. The summed E-state index contributed by atoms with van der Waals surface area (Å²) >= 11 is 0. The number of carbonyl (C=O) groups is 2. The van der Waals surface area contributed by atoms with Gasteiger partial charge in [-0.05, 0) is 23.1 Å². The summed E-state index contributed by atoms with van der Waals surface area (Å²) in [5.41, 5.74) is 12.9. The lowest BCUT2D eigenvalue weighted by Gasteiger charge is -2.07. The molecule has 0 saturated carbocycles. The van der Waals surface area contributed by atoms with Crippen LogP contribution in [-0.4, -0.2) is 23.0 Å². The van der Waals surface area contributed by atoms with Crippen molar-refractivity contribution in [1.29, 1.82) is 0 Å². The molecule has 0 heterocycles. The fraction of sp³-hybridized carbons (Fsp3) is 0.222. The predicted octanol–water partition coefficient (Wildman–Crippen LogP) is 2.51. The number of carboxylic acids is 1. The molecule has 2 aromatic carbocycles. The van der Waals surface area contributed by atoms with Gasteiger partial charge in [-0.2, -0.15) is 0 Å². The third kappa shape index (κ3) is 5.56. The Labute approximate surface area is 135 Å². The topological polar surface area (TPSA) is 106 Å². The zero-order valence-electron chi connectivity index (χ0n) is 13.3. The quantitative estimate of drug-likeness (QED) is 0.806. The highest BCUT2D eigenvalue weighted by Crippen LogP contribution is 2.22. The molecule has 2 aromatic rings. The smallest absolute Gasteiger partial charge is 0.320 e. The molecule has 0 unspecified atom stereocenters. The summed E-state index contributed by atoms with van der Waals surface area (Å²) in [5, 5.41) is 8.23. The van der Waals surface area contributed by atoms with E-state index in [0.29, 0.717) is 5.56 Å². The van der Waals surface area contributed by atoms with Crippen molar-refractivity contribution in [3.63, 3.8) is 0 Å². The molecule has 0 aromatic heterocycles. The van der Waals surface area contributed by atoms with Crippen molar-refractivity contribution in [3.05, 3.63) is 60.2 Å². The van der Waals surface area contributed by atoms with E-state index in [1.807, 2.05) is 48.5 Å². The summed E-state index contributed by atoms with van der Waals surface area (Å²) in [7, 11) is 0. The van der Waals surface area contributed by atoms with Crippen molar-refractivity contribution >= 4 is 11.9 Å². The van der Waals surface area contributed by atoms with Gasteiger partial charge in [0.15, 0.2) is 0 Å². The molecule has 0 aliphatic heterocycles. The number of hydrogen-bond acceptors (Lipinski definition) is 3. The van der Waals surface area contributed by atoms with Crippen LogP contribution in [0, 0.1) is 5.92 Å². The molecule has 0 spiro atoms. The number of primary amides is 1. The second-order valence-corrected chi connectivity index (χ2v) is 5.38. The average molecular weight is 314 g/mol. The highest BCUT2D eigenvalue weighted by atomic mass is 16.4. The Morgan fingerprint density at radius 2 is 1.48 bits per heavy atom. The largest absolute Gasteiger partial charge is 0.480 e. The van der Waals surface area contributed by atoms with Gasteiger partial charge in [-0.15, -0.1) is 0 Å². The number of nitrogens with two attached hydrogens (primary N) is 2. The summed E-state index contributed by atoms with van der Waals surface area (Å²) < 4.78 is 0. The van der Waals surface area contributed by atoms with E-state index >= 15 is 0 Å². The third-order valence-corrected chi connectivity index (χ3v) is 3.28. The highest BCUT2D eigenvalue weighted by Gasteiger charge is 2.14. The molecular weight excluding hydrogens is 292 g/mol. The minimum Gasteiger partial charge on any atom is -0.480 e. The van der Waals surface area contributed by atoms with Crippen LogP contribution >= 0.6 is 0 Å². The van der Waals surface area contributed by atoms with E-state index < -0.39 is 17.9 Å². The normalized spacial score (nSPS) is 11.3. The SMILES string of the molecule is CC(C)[C@H](N)C(=O)O.NC(=O)c1ccccc1-c1ccccc1. The van der Waals surface area contributed by atoms with Gasteiger partial charge in [0.1, 0.15) is 6.04 Å². The van der Waals surface area contributed by atoms with Gasteiger partial charge in [0.2, 0.25) is 5.91 Å². The molecule has 5 nitrogen and oxygen atoms in total. The summed E-state index contributed by atoms with van der Waals surface area (Å²) in [4.78, 5) is 21.2. The van der Waals surface area contributed by atoms with E-state index in [4.69, 9.17) is 16.6 Å². The second-order valence-electron chi connectivity index (χ2n) is 5.38. The highest BCUT2D eigenvalue weighted by molar-refractivity contribution is 5.99. The first kappa shape index (κ1) is 18.4. The van der Waals surface area contributed by atoms with Crippen molar-refractivity contribution in [2.75, 3.05) is 0 Å². The molecule has 0 fully saturated rings. The summed E-state index contributed by atoms with van der Waals surface area (Å²) in [6, 6.07) is 16.4. The van der Waals surface area contributed by atoms with Crippen LogP contribution in [0.1, 0.15) is 24.2 Å². The van der Waals surface area contributed by atoms with Crippen LogP contribution in [-0.2, 0) is 4.79 Å². The van der Waals surface area contributed by atoms with Crippen LogP contribution in [0.5, 0.6) is 0 Å². The van der Waals surface area contributed by atoms with E-state index in [-0.39, 0.29) is 5.92 Å². The Morgan fingerprint density at radius 1 is 0.957 bits per heavy atom. The van der Waals surface area contributed by atoms with E-state index in [1.54, 1.807) is 19.9 Å². The molecule has 1 atom stereocenters. The first-order chi connectivity index (χ1) is 10.8. The zero-order valence-corrected chi connectivity index (χ0v) is 13.3. The van der Waals surface area contributed by atoms with Crippen molar-refractivity contribution in [2.24, 2.45) is 17.4 Å². The minimum atomic E-state index is -0.931. The second kappa shape index (κ2) is 8.70. The maximum absolute atomic E-state index is 11.2. The molecule has 0 bridgehead atoms.